The average Bonchev–Trinajstić information content (AvgIpc) is 2.66. The van der Waals surface area contributed by atoms with Gasteiger partial charge in [-0.15, -0.1) is 0 Å². The first-order valence-corrected chi connectivity index (χ1v) is 11.9. The fraction of sp³-hybridized carbons (Fsp3) is 0.556. The normalized spacial score (nSPS) is 20.4. The summed E-state index contributed by atoms with van der Waals surface area (Å²) in [6.07, 6.45) is 1.17. The predicted molar refractivity (Wildman–Crippen MR) is 110 cm³/mol. The van der Waals surface area contributed by atoms with E-state index in [1.165, 1.54) is 12.1 Å². The van der Waals surface area contributed by atoms with Crippen molar-refractivity contribution in [3.63, 3.8) is 0 Å². The van der Waals surface area contributed by atoms with Crippen LogP contribution >= 0.6 is 23.2 Å². The van der Waals surface area contributed by atoms with Crippen LogP contribution in [-0.2, 0) is 14.6 Å². The predicted octanol–water partition coefficient (Wildman–Crippen LogP) is 1.15. The molecule has 0 aliphatic carbocycles. The van der Waals surface area contributed by atoms with E-state index in [9.17, 15) is 23.1 Å². The summed E-state index contributed by atoms with van der Waals surface area (Å²) in [7, 11) is -2.97. The monoisotopic (exact) mass is 463 g/mol. The van der Waals surface area contributed by atoms with E-state index >= 15 is 0 Å². The lowest BCUT2D eigenvalue weighted by atomic mass is 10.0. The molecule has 0 unspecified atom stereocenters. The van der Waals surface area contributed by atoms with Crippen LogP contribution in [0, 0.1) is 0 Å². The number of nitrogens with zero attached hydrogens (tertiary/aromatic N) is 2. The molecule has 0 saturated carbocycles. The molecule has 2 heterocycles. The summed E-state index contributed by atoms with van der Waals surface area (Å²) in [4.78, 5) is 28.5. The topological polar surface area (TPSA) is 107 Å². The van der Waals surface area contributed by atoms with Crippen LogP contribution < -0.4 is 5.32 Å². The number of halogens is 2. The molecule has 0 radical (unpaired) electrons. The maximum Gasteiger partial charge on any atom is 0.255 e. The largest absolute Gasteiger partial charge is 0.506 e. The molecule has 0 atom stereocenters. The number of phenolic OH excluding ortho intramolecular Hbond substituents is 1. The molecule has 29 heavy (non-hydrogen) atoms. The van der Waals surface area contributed by atoms with Crippen molar-refractivity contribution in [2.24, 2.45) is 0 Å². The van der Waals surface area contributed by atoms with Gasteiger partial charge in [0.15, 0.2) is 9.84 Å². The smallest absolute Gasteiger partial charge is 0.255 e. The van der Waals surface area contributed by atoms with Crippen LogP contribution in [0.5, 0.6) is 5.75 Å². The standard InChI is InChI=1S/C18H23Cl2N3O5S/c19-12-9-14(17(25)15(20)10-12)18(26)21-13-1-3-23(4-2-13)16(24)11-22-5-7-29(27,28)8-6-22/h9-10,13,25H,1-8,11H2,(H,21,26). The molecule has 160 valence electrons. The van der Waals surface area contributed by atoms with Crippen LogP contribution in [0.4, 0.5) is 0 Å². The first-order valence-electron chi connectivity index (χ1n) is 9.34. The summed E-state index contributed by atoms with van der Waals surface area (Å²) in [6.45, 7) is 1.97. The summed E-state index contributed by atoms with van der Waals surface area (Å²) in [5.74, 6) is -0.631. The molecule has 0 aromatic heterocycles. The molecule has 1 aromatic rings. The van der Waals surface area contributed by atoms with Crippen molar-refractivity contribution in [1.82, 2.24) is 15.1 Å². The highest BCUT2D eigenvalue weighted by atomic mass is 35.5. The van der Waals surface area contributed by atoms with E-state index in [1.54, 1.807) is 4.90 Å². The van der Waals surface area contributed by atoms with Crippen LogP contribution in [-0.4, -0.2) is 85.4 Å². The number of nitrogens with one attached hydrogen (secondary N) is 1. The number of piperidine rings is 1. The molecule has 1 aromatic carbocycles. The molecule has 2 N–H and O–H groups in total. The van der Waals surface area contributed by atoms with Crippen molar-refractivity contribution in [3.05, 3.63) is 27.7 Å². The van der Waals surface area contributed by atoms with Crippen LogP contribution in [0.2, 0.25) is 10.0 Å². The van der Waals surface area contributed by atoms with Crippen LogP contribution in [0.3, 0.4) is 0 Å². The fourth-order valence-electron chi connectivity index (χ4n) is 3.48. The SMILES string of the molecule is O=C(NC1CCN(C(=O)CN2CCS(=O)(=O)CC2)CC1)c1cc(Cl)cc(Cl)c1O. The number of carbonyl (C=O) groups excluding carboxylic acids is 2. The maximum absolute atomic E-state index is 12.5. The summed E-state index contributed by atoms with van der Waals surface area (Å²) in [5.41, 5.74) is 0.0149. The highest BCUT2D eigenvalue weighted by Gasteiger charge is 2.28. The third kappa shape index (κ3) is 5.75. The summed E-state index contributed by atoms with van der Waals surface area (Å²) < 4.78 is 23.0. The molecule has 0 spiro atoms. The Hall–Kier alpha value is -1.55. The van der Waals surface area contributed by atoms with Gasteiger partial charge in [-0.25, -0.2) is 8.42 Å². The maximum atomic E-state index is 12.5. The van der Waals surface area contributed by atoms with Crippen LogP contribution in [0.15, 0.2) is 12.1 Å². The van der Waals surface area contributed by atoms with Crippen molar-refractivity contribution < 1.29 is 23.1 Å². The Morgan fingerprint density at radius 2 is 1.72 bits per heavy atom. The minimum atomic E-state index is -2.97. The van der Waals surface area contributed by atoms with Crippen molar-refractivity contribution in [3.8, 4) is 5.75 Å². The molecule has 2 fully saturated rings. The Labute approximate surface area is 179 Å². The van der Waals surface area contributed by atoms with Crippen molar-refractivity contribution >= 4 is 44.9 Å². The lowest BCUT2D eigenvalue weighted by Crippen LogP contribution is -2.50. The van der Waals surface area contributed by atoms with Crippen LogP contribution in [0.25, 0.3) is 0 Å². The molecule has 2 saturated heterocycles. The van der Waals surface area contributed by atoms with Gasteiger partial charge < -0.3 is 15.3 Å². The number of rotatable bonds is 4. The second kappa shape index (κ2) is 9.07. The molecule has 11 heteroatoms. The third-order valence-corrected chi connectivity index (χ3v) is 7.37. The average molecular weight is 464 g/mol. The number of carbonyl (C=O) groups is 2. The second-order valence-corrected chi connectivity index (χ2v) is 10.5. The van der Waals surface area contributed by atoms with Gasteiger partial charge in [0.1, 0.15) is 5.75 Å². The molecular weight excluding hydrogens is 441 g/mol. The molecule has 0 bridgehead atoms. The first-order chi connectivity index (χ1) is 13.6. The number of likely N-dealkylation sites (tertiary alicyclic amines) is 1. The highest BCUT2D eigenvalue weighted by molar-refractivity contribution is 7.91. The van der Waals surface area contributed by atoms with Crippen LogP contribution in [0.1, 0.15) is 23.2 Å². The van der Waals surface area contributed by atoms with Gasteiger partial charge >= 0.3 is 0 Å². The van der Waals surface area contributed by atoms with E-state index in [0.717, 1.165) is 0 Å². The van der Waals surface area contributed by atoms with Gasteiger partial charge in [-0.05, 0) is 25.0 Å². The first kappa shape index (κ1) is 22.1. The quantitative estimate of drug-likeness (QED) is 0.693. The number of hydrogen-bond acceptors (Lipinski definition) is 6. The Morgan fingerprint density at radius 3 is 2.34 bits per heavy atom. The van der Waals surface area contributed by atoms with E-state index in [0.29, 0.717) is 39.0 Å². The van der Waals surface area contributed by atoms with E-state index in [1.807, 2.05) is 4.90 Å². The van der Waals surface area contributed by atoms with Gasteiger partial charge in [-0.3, -0.25) is 14.5 Å². The van der Waals surface area contributed by atoms with E-state index in [4.69, 9.17) is 23.2 Å². The van der Waals surface area contributed by atoms with Crippen molar-refractivity contribution in [2.45, 2.75) is 18.9 Å². The Kier molecular flexibility index (Phi) is 6.93. The number of amides is 2. The van der Waals surface area contributed by atoms with Gasteiger partial charge in [0.25, 0.3) is 5.91 Å². The number of benzene rings is 1. The zero-order chi connectivity index (χ0) is 21.2. The summed E-state index contributed by atoms with van der Waals surface area (Å²) >= 11 is 11.8. The summed E-state index contributed by atoms with van der Waals surface area (Å²) in [6, 6.07) is 2.58. The Morgan fingerprint density at radius 1 is 1.10 bits per heavy atom. The van der Waals surface area contributed by atoms with Gasteiger partial charge in [0, 0.05) is 37.2 Å². The minimum absolute atomic E-state index is 0.00794. The third-order valence-electron chi connectivity index (χ3n) is 5.25. The summed E-state index contributed by atoms with van der Waals surface area (Å²) in [5, 5.41) is 13.1. The zero-order valence-electron chi connectivity index (χ0n) is 15.7. The molecular formula is C18H23Cl2N3O5S. The highest BCUT2D eigenvalue weighted by Crippen LogP contribution is 2.31. The van der Waals surface area contributed by atoms with Gasteiger partial charge in [0.05, 0.1) is 28.6 Å². The van der Waals surface area contributed by atoms with E-state index in [-0.39, 0.29) is 51.4 Å². The number of hydrogen-bond donors (Lipinski definition) is 2. The van der Waals surface area contributed by atoms with Gasteiger partial charge in [-0.2, -0.15) is 0 Å². The Balaban J connectivity index is 1.48. The zero-order valence-corrected chi connectivity index (χ0v) is 18.1. The lowest BCUT2D eigenvalue weighted by molar-refractivity contribution is -0.133. The molecule has 2 amide bonds. The molecule has 2 aliphatic heterocycles. The second-order valence-electron chi connectivity index (χ2n) is 7.34. The number of sulfone groups is 1. The van der Waals surface area contributed by atoms with Gasteiger partial charge in [-0.1, -0.05) is 23.2 Å². The van der Waals surface area contributed by atoms with Crippen molar-refractivity contribution in [1.29, 1.82) is 0 Å². The number of aromatic hydroxyl groups is 1. The van der Waals surface area contributed by atoms with Gasteiger partial charge in [0.2, 0.25) is 5.91 Å². The molecule has 2 aliphatic rings. The van der Waals surface area contributed by atoms with E-state index < -0.39 is 15.7 Å². The minimum Gasteiger partial charge on any atom is -0.506 e. The van der Waals surface area contributed by atoms with E-state index in [2.05, 4.69) is 5.32 Å². The Bertz CT molecular complexity index is 887. The molecule has 3 rings (SSSR count). The lowest BCUT2D eigenvalue weighted by Gasteiger charge is -2.34. The van der Waals surface area contributed by atoms with Crippen molar-refractivity contribution in [2.75, 3.05) is 44.2 Å². The number of phenols is 1. The molecule has 8 nitrogen and oxygen atoms in total. The fourth-order valence-corrected chi connectivity index (χ4v) is 5.25.